The summed E-state index contributed by atoms with van der Waals surface area (Å²) in [5.41, 5.74) is 3.64. The number of likely N-dealkylation sites (N-methyl/N-ethyl adjacent to an activating group) is 1. The van der Waals surface area contributed by atoms with E-state index in [9.17, 15) is 19.2 Å². The zero-order valence-electron chi connectivity index (χ0n) is 35.9. The lowest BCUT2D eigenvalue weighted by molar-refractivity contribution is -0.142. The number of benzene rings is 2. The Morgan fingerprint density at radius 2 is 1.28 bits per heavy atom. The molecule has 0 aliphatic carbocycles. The number of amides is 4. The summed E-state index contributed by atoms with van der Waals surface area (Å²) in [4.78, 5) is 74.0. The summed E-state index contributed by atoms with van der Waals surface area (Å²) in [5.74, 6) is 1.96. The highest BCUT2D eigenvalue weighted by molar-refractivity contribution is 5.88. The summed E-state index contributed by atoms with van der Waals surface area (Å²) in [5, 5.41) is 2.71. The number of H-pyrrole nitrogens is 2. The molecule has 4 atom stereocenters. The predicted molar refractivity (Wildman–Crippen MR) is 223 cm³/mol. The molecule has 3 aliphatic rings. The molecule has 2 saturated heterocycles. The van der Waals surface area contributed by atoms with Crippen LogP contribution in [0.15, 0.2) is 48.8 Å². The number of hydrogen-bond acceptors (Lipinski definition) is 10. The van der Waals surface area contributed by atoms with Crippen molar-refractivity contribution in [1.29, 1.82) is 0 Å². The summed E-state index contributed by atoms with van der Waals surface area (Å²) in [7, 11) is 4.19. The fourth-order valence-electron chi connectivity index (χ4n) is 9.05. The molecule has 7 rings (SSSR count). The fraction of sp³-hybridized carbons (Fsp3) is 0.500. The number of methoxy groups -OCH3 is 2. The summed E-state index contributed by atoms with van der Waals surface area (Å²) in [6, 6.07) is 10.6. The number of nitrogens with zero attached hydrogens (tertiary/aromatic N) is 5. The van der Waals surface area contributed by atoms with Crippen molar-refractivity contribution in [3.05, 3.63) is 60.4 Å². The van der Waals surface area contributed by atoms with E-state index < -0.39 is 35.3 Å². The number of aromatic nitrogens is 4. The molecule has 0 saturated carbocycles. The maximum absolute atomic E-state index is 14.1. The van der Waals surface area contributed by atoms with Crippen LogP contribution in [0.1, 0.15) is 78.9 Å². The van der Waals surface area contributed by atoms with Crippen LogP contribution in [-0.2, 0) is 30.1 Å². The highest BCUT2D eigenvalue weighted by Crippen LogP contribution is 2.48. The normalized spacial score (nSPS) is 20.7. The van der Waals surface area contributed by atoms with E-state index in [2.05, 4.69) is 15.3 Å². The fourth-order valence-corrected chi connectivity index (χ4v) is 9.05. The van der Waals surface area contributed by atoms with Gasteiger partial charge in [0.2, 0.25) is 18.6 Å². The van der Waals surface area contributed by atoms with E-state index in [1.54, 1.807) is 19.4 Å². The Morgan fingerprint density at radius 1 is 0.750 bits per heavy atom. The van der Waals surface area contributed by atoms with Gasteiger partial charge < -0.3 is 44.0 Å². The molecule has 4 aromatic rings. The summed E-state index contributed by atoms with van der Waals surface area (Å²) in [6.45, 7) is 12.8. The molecular formula is C44H56N8O8. The Kier molecular flexibility index (Phi) is 11.6. The predicted octanol–water partition coefficient (Wildman–Crippen LogP) is 6.64. The number of carbonyl (C=O) groups is 4. The van der Waals surface area contributed by atoms with Gasteiger partial charge in [-0.15, -0.1) is 0 Å². The van der Waals surface area contributed by atoms with Gasteiger partial charge in [-0.2, -0.15) is 0 Å². The Labute approximate surface area is 350 Å². The average Bonchev–Trinajstić information content (AvgIpc) is 4.09. The van der Waals surface area contributed by atoms with Gasteiger partial charge in [-0.1, -0.05) is 52.0 Å². The third-order valence-electron chi connectivity index (χ3n) is 12.5. The van der Waals surface area contributed by atoms with Crippen molar-refractivity contribution >= 4 is 24.0 Å². The van der Waals surface area contributed by atoms with E-state index in [4.69, 9.17) is 28.9 Å². The molecule has 0 bridgehead atoms. The van der Waals surface area contributed by atoms with Crippen molar-refractivity contribution in [2.24, 2.45) is 11.8 Å². The van der Waals surface area contributed by atoms with Gasteiger partial charge in [0.05, 0.1) is 49.1 Å². The standard InChI is InChI=1S/C44H56N8O8/c1-25(2)33(49-41(55)57-8)37(53)51-20-10-18-43(51,5)39-45-22-31(47-39)28-14-12-27(13-15-28)29-16-17-30(36-35(29)59-24-60-36)32-23-46-40(48-32)44(6)19-11-21-52(44)38(54)34(26(3)4)50(7)42(56)58-9/h12-17,22-23,25-26,33-34H,10-11,18-21,24H2,1-9H3,(H,45,47)(H,46,48)(H,49,55)/t33-,34-,43-,44-/m0/s1. The molecule has 2 aromatic carbocycles. The van der Waals surface area contributed by atoms with Crippen molar-refractivity contribution in [3.63, 3.8) is 0 Å². The topological polar surface area (TPSA) is 184 Å². The first kappa shape index (κ1) is 42.1. The number of hydrogen-bond donors (Lipinski definition) is 3. The zero-order valence-corrected chi connectivity index (χ0v) is 35.9. The second-order valence-corrected chi connectivity index (χ2v) is 17.0. The first-order valence-electron chi connectivity index (χ1n) is 20.6. The van der Waals surface area contributed by atoms with E-state index in [0.29, 0.717) is 42.7 Å². The van der Waals surface area contributed by atoms with E-state index in [1.165, 1.54) is 19.1 Å². The molecule has 0 spiro atoms. The van der Waals surface area contributed by atoms with E-state index >= 15 is 0 Å². The molecular weight excluding hydrogens is 769 g/mol. The summed E-state index contributed by atoms with van der Waals surface area (Å²) < 4.78 is 21.9. The monoisotopic (exact) mass is 824 g/mol. The average molecular weight is 825 g/mol. The Morgan fingerprint density at radius 3 is 1.85 bits per heavy atom. The largest absolute Gasteiger partial charge is 0.453 e. The molecule has 16 heteroatoms. The van der Waals surface area contributed by atoms with Crippen molar-refractivity contribution in [2.75, 3.05) is 41.1 Å². The number of aromatic amines is 2. The molecule has 3 aliphatic heterocycles. The number of imidazole rings is 2. The number of carbonyl (C=O) groups excluding carboxylic acids is 4. The van der Waals surface area contributed by atoms with Crippen LogP contribution in [0.2, 0.25) is 0 Å². The Balaban J connectivity index is 1.10. The van der Waals surface area contributed by atoms with Crippen molar-refractivity contribution in [1.82, 2.24) is 40.0 Å². The zero-order chi connectivity index (χ0) is 43.1. The molecule has 3 N–H and O–H groups in total. The highest BCUT2D eigenvalue weighted by Gasteiger charge is 2.48. The smallest absolute Gasteiger partial charge is 0.409 e. The molecule has 2 fully saturated rings. The number of nitrogens with one attached hydrogen (secondary N) is 3. The second kappa shape index (κ2) is 16.5. The van der Waals surface area contributed by atoms with Crippen LogP contribution in [0.4, 0.5) is 9.59 Å². The second-order valence-electron chi connectivity index (χ2n) is 17.0. The van der Waals surface area contributed by atoms with E-state index in [0.717, 1.165) is 52.9 Å². The van der Waals surface area contributed by atoms with Crippen molar-refractivity contribution < 1.29 is 38.1 Å². The lowest BCUT2D eigenvalue weighted by Crippen LogP contribution is -2.55. The van der Waals surface area contributed by atoms with Crippen molar-refractivity contribution in [3.8, 4) is 45.1 Å². The highest BCUT2D eigenvalue weighted by atomic mass is 16.7. The number of ether oxygens (including phenoxy) is 4. The number of fused-ring (bicyclic) bond motifs is 1. The number of alkyl carbamates (subject to hydrolysis) is 1. The molecule has 4 amide bonds. The molecule has 60 heavy (non-hydrogen) atoms. The first-order valence-corrected chi connectivity index (χ1v) is 20.6. The lowest BCUT2D eigenvalue weighted by atomic mass is 9.95. The third-order valence-corrected chi connectivity index (χ3v) is 12.5. The molecule has 16 nitrogen and oxygen atoms in total. The maximum Gasteiger partial charge on any atom is 0.409 e. The SMILES string of the molecule is COC(=O)N[C@H](C(=O)N1CCC[C@@]1(C)c1ncc(-c2ccc(-c3ccc(-c4cnc([C@]5(C)CCCN5C(=O)[C@H](C(C)C)N(C)C(=O)OC)[nH]4)c4c3OCO4)cc2)[nH]1)C(C)C. The van der Waals surface area contributed by atoms with Crippen LogP contribution in [0.5, 0.6) is 11.5 Å². The minimum absolute atomic E-state index is 0.0641. The molecule has 320 valence electrons. The van der Waals surface area contributed by atoms with Gasteiger partial charge >= 0.3 is 12.2 Å². The molecule has 0 unspecified atom stereocenters. The number of rotatable bonds is 11. The summed E-state index contributed by atoms with van der Waals surface area (Å²) in [6.07, 6.45) is 5.38. The lowest BCUT2D eigenvalue weighted by Gasteiger charge is -2.39. The van der Waals surface area contributed by atoms with Gasteiger partial charge in [0, 0.05) is 31.3 Å². The van der Waals surface area contributed by atoms with Gasteiger partial charge in [0.25, 0.3) is 0 Å². The molecule has 5 heterocycles. The maximum atomic E-state index is 14.1. The Bertz CT molecular complexity index is 2250. The van der Waals surface area contributed by atoms with Gasteiger partial charge in [0.15, 0.2) is 11.5 Å². The van der Waals surface area contributed by atoms with E-state index in [-0.39, 0.29) is 30.4 Å². The van der Waals surface area contributed by atoms with Crippen LogP contribution in [0.3, 0.4) is 0 Å². The van der Waals surface area contributed by atoms with Gasteiger partial charge in [0.1, 0.15) is 23.7 Å². The summed E-state index contributed by atoms with van der Waals surface area (Å²) >= 11 is 0. The minimum Gasteiger partial charge on any atom is -0.453 e. The van der Waals surface area contributed by atoms with Gasteiger partial charge in [-0.3, -0.25) is 14.5 Å². The van der Waals surface area contributed by atoms with Crippen LogP contribution in [0.25, 0.3) is 33.6 Å². The third kappa shape index (κ3) is 7.40. The van der Waals surface area contributed by atoms with Crippen molar-refractivity contribution in [2.45, 2.75) is 90.4 Å². The van der Waals surface area contributed by atoms with Gasteiger partial charge in [-0.05, 0) is 74.6 Å². The van der Waals surface area contributed by atoms with Crippen LogP contribution >= 0.6 is 0 Å². The minimum atomic E-state index is -0.728. The number of likely N-dealkylation sites (tertiary alicyclic amines) is 2. The van der Waals surface area contributed by atoms with E-state index in [1.807, 2.05) is 87.7 Å². The quantitative estimate of drug-likeness (QED) is 0.148. The first-order chi connectivity index (χ1) is 28.6. The Hall–Kier alpha value is -6.06. The molecule has 0 radical (unpaired) electrons. The van der Waals surface area contributed by atoms with Crippen LogP contribution in [-0.4, -0.2) is 112 Å². The van der Waals surface area contributed by atoms with Crippen LogP contribution < -0.4 is 14.8 Å². The van der Waals surface area contributed by atoms with Crippen LogP contribution in [0, 0.1) is 11.8 Å². The van der Waals surface area contributed by atoms with Gasteiger partial charge in [-0.25, -0.2) is 19.6 Å². The molecule has 2 aromatic heterocycles.